The molecule has 2 aromatic carbocycles. The molecule has 5 aromatic rings. The number of nitriles is 1. The van der Waals surface area contributed by atoms with Gasteiger partial charge in [-0.05, 0) is 68.8 Å². The number of benzene rings is 2. The second kappa shape index (κ2) is 9.43. The minimum absolute atomic E-state index is 0.220. The highest BCUT2D eigenvalue weighted by Crippen LogP contribution is 2.28. The van der Waals surface area contributed by atoms with Gasteiger partial charge >= 0.3 is 0 Å². The molecule has 7 nitrogen and oxygen atoms in total. The van der Waals surface area contributed by atoms with Gasteiger partial charge in [0.2, 0.25) is 0 Å². The van der Waals surface area contributed by atoms with Gasteiger partial charge in [-0.1, -0.05) is 23.8 Å². The Labute approximate surface area is 209 Å². The van der Waals surface area contributed by atoms with Gasteiger partial charge in [-0.25, -0.2) is 4.98 Å². The molecule has 1 amide bonds. The zero-order valence-corrected chi connectivity index (χ0v) is 20.3. The predicted octanol–water partition coefficient (Wildman–Crippen LogP) is 5.59. The average molecular weight is 473 g/mol. The van der Waals surface area contributed by atoms with Gasteiger partial charge in [-0.15, -0.1) is 0 Å². The van der Waals surface area contributed by atoms with Crippen LogP contribution in [0.2, 0.25) is 0 Å². The number of nitrogens with one attached hydrogen (secondary N) is 1. The molecular weight excluding hydrogens is 448 g/mol. The molecule has 0 saturated heterocycles. The fourth-order valence-electron chi connectivity index (χ4n) is 4.26. The van der Waals surface area contributed by atoms with Gasteiger partial charge < -0.3 is 5.32 Å². The number of amides is 1. The van der Waals surface area contributed by atoms with E-state index in [1.54, 1.807) is 24.5 Å². The Bertz CT molecular complexity index is 1630. The number of aromatic nitrogens is 4. The Hall–Kier alpha value is -4.83. The van der Waals surface area contributed by atoms with Crippen LogP contribution in [0.15, 0.2) is 73.1 Å². The van der Waals surface area contributed by atoms with E-state index < -0.39 is 0 Å². The van der Waals surface area contributed by atoms with Crippen molar-refractivity contribution >= 4 is 22.5 Å². The van der Waals surface area contributed by atoms with Crippen LogP contribution in [0.4, 0.5) is 5.69 Å². The van der Waals surface area contributed by atoms with Gasteiger partial charge in [0.1, 0.15) is 0 Å². The number of anilines is 1. The van der Waals surface area contributed by atoms with Gasteiger partial charge in [-0.3, -0.25) is 14.5 Å². The predicted molar refractivity (Wildman–Crippen MR) is 140 cm³/mol. The van der Waals surface area contributed by atoms with E-state index in [1.807, 2.05) is 74.0 Å². The van der Waals surface area contributed by atoms with Gasteiger partial charge in [0, 0.05) is 23.3 Å². The molecule has 1 N–H and O–H groups in total. The number of carbonyl (C=O) groups excluding carboxylic acids is 1. The number of aryl methyl sites for hydroxylation is 2. The molecule has 36 heavy (non-hydrogen) atoms. The maximum atomic E-state index is 13.6. The van der Waals surface area contributed by atoms with Crippen LogP contribution in [0, 0.1) is 32.1 Å². The van der Waals surface area contributed by atoms with Crippen LogP contribution in [-0.4, -0.2) is 25.7 Å². The normalized spacial score (nSPS) is 10.8. The van der Waals surface area contributed by atoms with E-state index in [4.69, 9.17) is 10.2 Å². The molecular formula is C29H24N6O. The number of pyridine rings is 2. The smallest absolute Gasteiger partial charge is 0.256 e. The molecule has 0 aliphatic heterocycles. The van der Waals surface area contributed by atoms with Crippen molar-refractivity contribution in [3.63, 3.8) is 0 Å². The maximum absolute atomic E-state index is 13.6. The maximum Gasteiger partial charge on any atom is 0.256 e. The van der Waals surface area contributed by atoms with Crippen LogP contribution in [-0.2, 0) is 6.54 Å². The van der Waals surface area contributed by atoms with Crippen molar-refractivity contribution in [2.24, 2.45) is 0 Å². The molecule has 0 radical (unpaired) electrons. The summed E-state index contributed by atoms with van der Waals surface area (Å²) in [5, 5.41) is 17.6. The van der Waals surface area contributed by atoms with E-state index in [2.05, 4.69) is 21.5 Å². The molecule has 0 bridgehead atoms. The van der Waals surface area contributed by atoms with Crippen molar-refractivity contribution in [3.05, 3.63) is 107 Å². The van der Waals surface area contributed by atoms with Gasteiger partial charge in [0.25, 0.3) is 5.91 Å². The first kappa shape index (κ1) is 22.9. The van der Waals surface area contributed by atoms with Crippen LogP contribution in [0.3, 0.4) is 0 Å². The van der Waals surface area contributed by atoms with E-state index in [-0.39, 0.29) is 5.91 Å². The lowest BCUT2D eigenvalue weighted by Crippen LogP contribution is -2.14. The van der Waals surface area contributed by atoms with E-state index >= 15 is 0 Å². The summed E-state index contributed by atoms with van der Waals surface area (Å²) in [7, 11) is 0. The molecule has 3 heterocycles. The summed E-state index contributed by atoms with van der Waals surface area (Å²) >= 11 is 0. The number of hydrogen-bond donors (Lipinski definition) is 1. The van der Waals surface area contributed by atoms with Crippen LogP contribution < -0.4 is 5.32 Å². The van der Waals surface area contributed by atoms with Gasteiger partial charge in [-0.2, -0.15) is 10.4 Å². The number of rotatable bonds is 5. The summed E-state index contributed by atoms with van der Waals surface area (Å²) in [5.74, 6) is -0.220. The van der Waals surface area contributed by atoms with Crippen LogP contribution >= 0.6 is 0 Å². The lowest BCUT2D eigenvalue weighted by molar-refractivity contribution is 0.102. The Morgan fingerprint density at radius 2 is 1.86 bits per heavy atom. The fourth-order valence-corrected chi connectivity index (χ4v) is 4.26. The second-order valence-electron chi connectivity index (χ2n) is 8.78. The van der Waals surface area contributed by atoms with E-state index in [9.17, 15) is 4.79 Å². The monoisotopic (exact) mass is 472 g/mol. The summed E-state index contributed by atoms with van der Waals surface area (Å²) in [5.41, 5.74) is 7.79. The van der Waals surface area contributed by atoms with Crippen molar-refractivity contribution < 1.29 is 4.79 Å². The molecule has 0 atom stereocenters. The van der Waals surface area contributed by atoms with Crippen LogP contribution in [0.1, 0.15) is 38.4 Å². The Kier molecular flexibility index (Phi) is 6.01. The van der Waals surface area contributed by atoms with Crippen LogP contribution in [0.25, 0.3) is 22.2 Å². The third kappa shape index (κ3) is 4.44. The lowest BCUT2D eigenvalue weighted by atomic mass is 10.0. The molecule has 0 aliphatic rings. The Morgan fingerprint density at radius 1 is 1.06 bits per heavy atom. The van der Waals surface area contributed by atoms with E-state index in [0.29, 0.717) is 29.1 Å². The molecule has 5 rings (SSSR count). The highest BCUT2D eigenvalue weighted by Gasteiger charge is 2.19. The highest BCUT2D eigenvalue weighted by molar-refractivity contribution is 6.13. The van der Waals surface area contributed by atoms with E-state index in [0.717, 1.165) is 39.0 Å². The zero-order valence-electron chi connectivity index (χ0n) is 20.3. The second-order valence-corrected chi connectivity index (χ2v) is 8.78. The molecule has 176 valence electrons. The molecule has 0 unspecified atom stereocenters. The average Bonchev–Trinajstić information content (AvgIpc) is 3.16. The fraction of sp³-hybridized carbons (Fsp3) is 0.138. The molecule has 3 aromatic heterocycles. The zero-order chi connectivity index (χ0) is 25.2. The topological polar surface area (TPSA) is 96.5 Å². The molecule has 0 saturated carbocycles. The number of fused-ring (bicyclic) bond motifs is 1. The summed E-state index contributed by atoms with van der Waals surface area (Å²) in [6.45, 7) is 6.36. The molecule has 0 fully saturated rings. The third-order valence-electron chi connectivity index (χ3n) is 6.20. The third-order valence-corrected chi connectivity index (χ3v) is 6.20. The molecule has 0 aliphatic carbocycles. The minimum atomic E-state index is -0.220. The first-order valence-corrected chi connectivity index (χ1v) is 11.6. The van der Waals surface area contributed by atoms with Gasteiger partial charge in [0.05, 0.1) is 52.0 Å². The summed E-state index contributed by atoms with van der Waals surface area (Å²) in [4.78, 5) is 22.6. The van der Waals surface area contributed by atoms with Crippen LogP contribution in [0.5, 0.6) is 0 Å². The van der Waals surface area contributed by atoms with E-state index in [1.165, 1.54) is 0 Å². The largest absolute Gasteiger partial charge is 0.319 e. The van der Waals surface area contributed by atoms with Gasteiger partial charge in [0.15, 0.2) is 0 Å². The SMILES string of the molecule is Cc1ccc2nc(-c3cccnc3)cc(C(=O)Nc3c(C)nn(Cc4ccc(C#N)cc4)c3C)c2c1. The highest BCUT2D eigenvalue weighted by atomic mass is 16.1. The standard InChI is InChI=1S/C29H24N6O/c1-18-6-11-26-24(13-18)25(14-27(32-26)23-5-4-12-31-16-23)29(36)33-28-19(2)34-35(20(28)3)17-22-9-7-21(15-30)8-10-22/h4-14,16H,17H2,1-3H3,(H,33,36). The van der Waals surface area contributed by atoms with Crippen molar-refractivity contribution in [1.29, 1.82) is 5.26 Å². The van der Waals surface area contributed by atoms with Crippen molar-refractivity contribution in [2.45, 2.75) is 27.3 Å². The van der Waals surface area contributed by atoms with Crippen molar-refractivity contribution in [3.8, 4) is 17.3 Å². The lowest BCUT2D eigenvalue weighted by Gasteiger charge is -2.12. The number of nitrogens with zero attached hydrogens (tertiary/aromatic N) is 5. The molecule has 0 spiro atoms. The Morgan fingerprint density at radius 3 is 2.58 bits per heavy atom. The van der Waals surface area contributed by atoms with Crippen molar-refractivity contribution in [1.82, 2.24) is 19.7 Å². The van der Waals surface area contributed by atoms with Crippen molar-refractivity contribution in [2.75, 3.05) is 5.32 Å². The number of carbonyl (C=O) groups is 1. The minimum Gasteiger partial charge on any atom is -0.319 e. The summed E-state index contributed by atoms with van der Waals surface area (Å²) in [6, 6.07) is 21.1. The first-order valence-electron chi connectivity index (χ1n) is 11.6. The quantitative estimate of drug-likeness (QED) is 0.360. The Balaban J connectivity index is 1.50. The summed E-state index contributed by atoms with van der Waals surface area (Å²) < 4.78 is 1.86. The first-order chi connectivity index (χ1) is 17.4. The number of hydrogen-bond acceptors (Lipinski definition) is 5. The molecule has 7 heteroatoms. The summed E-state index contributed by atoms with van der Waals surface area (Å²) in [6.07, 6.45) is 3.45.